The third-order valence-corrected chi connectivity index (χ3v) is 5.08. The molecule has 10 heteroatoms. The van der Waals surface area contributed by atoms with Gasteiger partial charge in [-0.3, -0.25) is 0 Å². The number of imidazole rings is 1. The van der Waals surface area contributed by atoms with Crippen LogP contribution in [-0.2, 0) is 12.7 Å². The number of aromatic nitrogens is 4. The van der Waals surface area contributed by atoms with Gasteiger partial charge in [0, 0.05) is 12.1 Å². The predicted octanol–water partition coefficient (Wildman–Crippen LogP) is 5.52. The maximum absolute atomic E-state index is 14.2. The Balaban J connectivity index is 1.45. The first kappa shape index (κ1) is 20.8. The Hall–Kier alpha value is -4.08. The van der Waals surface area contributed by atoms with Crippen LogP contribution in [0.1, 0.15) is 11.3 Å². The van der Waals surface area contributed by atoms with Crippen LogP contribution in [0.15, 0.2) is 71.5 Å². The molecule has 2 aromatic carbocycles. The molecule has 0 aliphatic rings. The van der Waals surface area contributed by atoms with E-state index in [1.807, 2.05) is 0 Å². The van der Waals surface area contributed by atoms with Crippen molar-refractivity contribution in [1.29, 1.82) is 0 Å². The summed E-state index contributed by atoms with van der Waals surface area (Å²) < 4.78 is 75.0. The standard InChI is InChI=1S/C23H13F5N4O/c24-16-6-2-1-4-14(16)22-29-18-8-9-32(12-20(18)30-22)11-13-10-19(31-33-13)21-15(23(26,27)28)5-3-7-17(21)25/h1-10,12H,11H2/p+1. The van der Waals surface area contributed by atoms with Crippen molar-refractivity contribution in [3.63, 3.8) is 0 Å². The minimum absolute atomic E-state index is 0.118. The summed E-state index contributed by atoms with van der Waals surface area (Å²) >= 11 is 0. The second kappa shape index (κ2) is 7.80. The van der Waals surface area contributed by atoms with Gasteiger partial charge in [0.05, 0.1) is 16.7 Å². The van der Waals surface area contributed by atoms with Gasteiger partial charge in [-0.2, -0.15) is 17.7 Å². The Morgan fingerprint density at radius 2 is 1.76 bits per heavy atom. The fourth-order valence-electron chi connectivity index (χ4n) is 3.59. The highest BCUT2D eigenvalue weighted by Crippen LogP contribution is 2.38. The molecule has 166 valence electrons. The van der Waals surface area contributed by atoms with Crippen molar-refractivity contribution >= 4 is 11.0 Å². The fourth-order valence-corrected chi connectivity index (χ4v) is 3.59. The normalized spacial score (nSPS) is 11.9. The smallest absolute Gasteiger partial charge is 0.354 e. The Labute approximate surface area is 183 Å². The van der Waals surface area contributed by atoms with Crippen molar-refractivity contribution in [2.45, 2.75) is 12.7 Å². The Morgan fingerprint density at radius 3 is 2.55 bits per heavy atom. The fraction of sp³-hybridized carbons (Fsp3) is 0.0870. The van der Waals surface area contributed by atoms with Gasteiger partial charge in [-0.25, -0.2) is 13.8 Å². The average Bonchev–Trinajstić information content (AvgIpc) is 3.40. The Morgan fingerprint density at radius 1 is 0.970 bits per heavy atom. The first-order valence-electron chi connectivity index (χ1n) is 9.75. The second-order valence-corrected chi connectivity index (χ2v) is 7.32. The molecule has 0 fully saturated rings. The quantitative estimate of drug-likeness (QED) is 0.286. The maximum atomic E-state index is 14.2. The molecule has 0 radical (unpaired) electrons. The minimum atomic E-state index is -4.74. The molecule has 3 aromatic heterocycles. The highest BCUT2D eigenvalue weighted by molar-refractivity contribution is 5.77. The lowest BCUT2D eigenvalue weighted by molar-refractivity contribution is -0.688. The lowest BCUT2D eigenvalue weighted by Gasteiger charge is -2.11. The zero-order valence-electron chi connectivity index (χ0n) is 16.7. The summed E-state index contributed by atoms with van der Waals surface area (Å²) in [6.07, 6.45) is -1.37. The zero-order chi connectivity index (χ0) is 23.2. The van der Waals surface area contributed by atoms with E-state index in [0.29, 0.717) is 22.4 Å². The van der Waals surface area contributed by atoms with Crippen LogP contribution in [0.3, 0.4) is 0 Å². The van der Waals surface area contributed by atoms with Crippen molar-refractivity contribution in [1.82, 2.24) is 15.1 Å². The third kappa shape index (κ3) is 3.95. The van der Waals surface area contributed by atoms with E-state index in [9.17, 15) is 22.0 Å². The van der Waals surface area contributed by atoms with E-state index in [4.69, 9.17) is 4.52 Å². The Bertz CT molecular complexity index is 1470. The zero-order valence-corrected chi connectivity index (χ0v) is 16.7. The van der Waals surface area contributed by atoms with Crippen molar-refractivity contribution in [3.8, 4) is 22.6 Å². The monoisotopic (exact) mass is 457 g/mol. The van der Waals surface area contributed by atoms with E-state index in [2.05, 4.69) is 15.1 Å². The summed E-state index contributed by atoms with van der Waals surface area (Å²) in [5.74, 6) is -0.872. The predicted molar refractivity (Wildman–Crippen MR) is 108 cm³/mol. The van der Waals surface area contributed by atoms with E-state index >= 15 is 0 Å². The number of rotatable bonds is 4. The number of benzene rings is 2. The van der Waals surface area contributed by atoms with E-state index in [1.54, 1.807) is 41.2 Å². The van der Waals surface area contributed by atoms with Crippen molar-refractivity contribution < 1.29 is 31.0 Å². The van der Waals surface area contributed by atoms with E-state index < -0.39 is 28.9 Å². The molecule has 5 nitrogen and oxygen atoms in total. The Kier molecular flexibility index (Phi) is 4.92. The van der Waals surface area contributed by atoms with Crippen LogP contribution < -0.4 is 4.57 Å². The lowest BCUT2D eigenvalue weighted by atomic mass is 10.0. The maximum Gasteiger partial charge on any atom is 0.417 e. The van der Waals surface area contributed by atoms with Gasteiger partial charge in [0.2, 0.25) is 12.3 Å². The highest BCUT2D eigenvalue weighted by atomic mass is 19.4. The van der Waals surface area contributed by atoms with Crippen molar-refractivity contribution in [2.24, 2.45) is 0 Å². The van der Waals surface area contributed by atoms with Crippen LogP contribution in [0, 0.1) is 11.6 Å². The number of aromatic amines is 1. The molecule has 0 atom stereocenters. The van der Waals surface area contributed by atoms with Gasteiger partial charge in [-0.05, 0) is 24.3 Å². The summed E-state index contributed by atoms with van der Waals surface area (Å²) in [4.78, 5) is 7.43. The number of fused-ring (bicyclic) bond motifs is 1. The van der Waals surface area contributed by atoms with Crippen LogP contribution in [0.25, 0.3) is 33.7 Å². The van der Waals surface area contributed by atoms with Crippen LogP contribution in [-0.4, -0.2) is 15.1 Å². The molecule has 0 amide bonds. The van der Waals surface area contributed by atoms with Crippen LogP contribution in [0.5, 0.6) is 0 Å². The molecule has 0 saturated heterocycles. The van der Waals surface area contributed by atoms with Gasteiger partial charge >= 0.3 is 6.18 Å². The van der Waals surface area contributed by atoms with Crippen molar-refractivity contribution in [3.05, 3.63) is 89.9 Å². The first-order chi connectivity index (χ1) is 15.8. The molecule has 33 heavy (non-hydrogen) atoms. The van der Waals surface area contributed by atoms with E-state index in [-0.39, 0.29) is 18.0 Å². The van der Waals surface area contributed by atoms with Gasteiger partial charge < -0.3 is 9.51 Å². The van der Waals surface area contributed by atoms with Gasteiger partial charge in [0.1, 0.15) is 34.2 Å². The minimum Gasteiger partial charge on any atom is -0.354 e. The molecule has 0 spiro atoms. The molecule has 0 unspecified atom stereocenters. The molecule has 3 heterocycles. The molecule has 5 rings (SSSR count). The molecule has 5 aromatic rings. The first-order valence-corrected chi connectivity index (χ1v) is 9.75. The van der Waals surface area contributed by atoms with Gasteiger partial charge in [-0.1, -0.05) is 23.4 Å². The van der Waals surface area contributed by atoms with Crippen LogP contribution >= 0.6 is 0 Å². The number of nitrogens with zero attached hydrogens (tertiary/aromatic N) is 3. The molecular formula is C23H14F5N4O+. The summed E-state index contributed by atoms with van der Waals surface area (Å²) in [6, 6.07) is 11.9. The van der Waals surface area contributed by atoms with Gasteiger partial charge in [0.25, 0.3) is 0 Å². The van der Waals surface area contributed by atoms with Gasteiger partial charge in [-0.15, -0.1) is 0 Å². The molecule has 0 aliphatic heterocycles. The molecule has 0 bridgehead atoms. The largest absolute Gasteiger partial charge is 0.417 e. The number of halogens is 5. The van der Waals surface area contributed by atoms with Gasteiger partial charge in [0.15, 0.2) is 12.4 Å². The lowest BCUT2D eigenvalue weighted by Crippen LogP contribution is -2.32. The summed E-state index contributed by atoms with van der Waals surface area (Å²) in [7, 11) is 0. The second-order valence-electron chi connectivity index (χ2n) is 7.32. The van der Waals surface area contributed by atoms with E-state index in [1.165, 1.54) is 12.1 Å². The van der Waals surface area contributed by atoms with Crippen molar-refractivity contribution in [2.75, 3.05) is 0 Å². The summed E-state index contributed by atoms with van der Waals surface area (Å²) in [5.41, 5.74) is -0.503. The number of hydrogen-bond acceptors (Lipinski definition) is 3. The van der Waals surface area contributed by atoms with Crippen LogP contribution in [0.4, 0.5) is 22.0 Å². The number of hydrogen-bond donors (Lipinski definition) is 1. The highest BCUT2D eigenvalue weighted by Gasteiger charge is 2.36. The average molecular weight is 457 g/mol. The number of alkyl halides is 3. The SMILES string of the molecule is Fc1ccccc1-c1nc2cc[n+](Cc3cc(-c4c(F)cccc4C(F)(F)F)no3)cc2[nH]1. The number of pyridine rings is 1. The van der Waals surface area contributed by atoms with E-state index in [0.717, 1.165) is 18.2 Å². The third-order valence-electron chi connectivity index (χ3n) is 5.08. The molecule has 1 N–H and O–H groups in total. The number of H-pyrrole nitrogens is 1. The molecule has 0 aliphatic carbocycles. The topological polar surface area (TPSA) is 58.6 Å². The van der Waals surface area contributed by atoms with Crippen LogP contribution in [0.2, 0.25) is 0 Å². The number of nitrogens with one attached hydrogen (secondary N) is 1. The summed E-state index contributed by atoms with van der Waals surface area (Å²) in [5, 5.41) is 3.64. The molecule has 0 saturated carbocycles. The molecular weight excluding hydrogens is 443 g/mol. The summed E-state index contributed by atoms with van der Waals surface area (Å²) in [6.45, 7) is 0.118.